The van der Waals surface area contributed by atoms with E-state index < -0.39 is 0 Å². The number of carbonyl (C=O) groups is 1. The lowest BCUT2D eigenvalue weighted by atomic mass is 10.1. The van der Waals surface area contributed by atoms with E-state index in [0.29, 0.717) is 36.3 Å². The molecule has 5 heteroatoms. The molecule has 3 rings (SSSR count). The van der Waals surface area contributed by atoms with Crippen molar-refractivity contribution in [2.45, 2.75) is 31.7 Å². The van der Waals surface area contributed by atoms with Gasteiger partial charge in [0.1, 0.15) is 13.2 Å². The maximum Gasteiger partial charge on any atom is 0.258 e. The summed E-state index contributed by atoms with van der Waals surface area (Å²) in [6.07, 6.45) is 4.35. The van der Waals surface area contributed by atoms with Gasteiger partial charge in [-0.3, -0.25) is 4.79 Å². The number of ether oxygens (including phenoxy) is 2. The molecule has 0 N–H and O–H groups in total. The number of hydrogen-bond acceptors (Lipinski definition) is 3. The first-order valence-electron chi connectivity index (χ1n) is 7.57. The summed E-state index contributed by atoms with van der Waals surface area (Å²) in [6, 6.07) is 5.92. The van der Waals surface area contributed by atoms with E-state index in [-0.39, 0.29) is 5.91 Å². The van der Waals surface area contributed by atoms with Crippen LogP contribution in [0, 0.1) is 0 Å². The number of para-hydroxylation sites is 1. The summed E-state index contributed by atoms with van der Waals surface area (Å²) >= 11 is 3.47. The van der Waals surface area contributed by atoms with Crippen LogP contribution in [-0.4, -0.2) is 41.9 Å². The zero-order valence-electron chi connectivity index (χ0n) is 12.0. The van der Waals surface area contributed by atoms with Gasteiger partial charge in [-0.1, -0.05) is 22.0 Å². The standard InChI is InChI=1S/C16H20BrNO3/c17-8-2-4-12-5-3-9-18(12)16(19)13-6-1-7-14-15(13)21-11-10-20-14/h1,6-7,12H,2-5,8-11H2. The van der Waals surface area contributed by atoms with Crippen LogP contribution in [0.15, 0.2) is 18.2 Å². The third-order valence-electron chi connectivity index (χ3n) is 4.11. The van der Waals surface area contributed by atoms with Gasteiger partial charge in [0.15, 0.2) is 11.5 Å². The Labute approximate surface area is 133 Å². The Morgan fingerprint density at radius 2 is 2.19 bits per heavy atom. The van der Waals surface area contributed by atoms with Crippen LogP contribution in [0.1, 0.15) is 36.0 Å². The zero-order valence-corrected chi connectivity index (χ0v) is 13.6. The Hall–Kier alpha value is -1.23. The van der Waals surface area contributed by atoms with Crippen molar-refractivity contribution in [3.63, 3.8) is 0 Å². The fourth-order valence-electron chi connectivity index (χ4n) is 3.11. The Balaban J connectivity index is 1.81. The van der Waals surface area contributed by atoms with Crippen LogP contribution in [0.25, 0.3) is 0 Å². The van der Waals surface area contributed by atoms with Crippen molar-refractivity contribution in [3.8, 4) is 11.5 Å². The largest absolute Gasteiger partial charge is 0.486 e. The molecule has 1 aromatic carbocycles. The van der Waals surface area contributed by atoms with Gasteiger partial charge in [0.25, 0.3) is 5.91 Å². The molecule has 1 fully saturated rings. The van der Waals surface area contributed by atoms with Gasteiger partial charge in [-0.25, -0.2) is 0 Å². The number of likely N-dealkylation sites (tertiary alicyclic amines) is 1. The second-order valence-corrected chi connectivity index (χ2v) is 6.25. The predicted molar refractivity (Wildman–Crippen MR) is 84.5 cm³/mol. The van der Waals surface area contributed by atoms with Crippen LogP contribution in [-0.2, 0) is 0 Å². The molecule has 0 aromatic heterocycles. The van der Waals surface area contributed by atoms with E-state index in [2.05, 4.69) is 15.9 Å². The van der Waals surface area contributed by atoms with Gasteiger partial charge in [0, 0.05) is 17.9 Å². The molecular formula is C16H20BrNO3. The van der Waals surface area contributed by atoms with Crippen LogP contribution in [0.5, 0.6) is 11.5 Å². The minimum Gasteiger partial charge on any atom is -0.486 e. The van der Waals surface area contributed by atoms with Gasteiger partial charge < -0.3 is 14.4 Å². The molecule has 0 aliphatic carbocycles. The second kappa shape index (κ2) is 6.69. The molecule has 0 radical (unpaired) electrons. The first kappa shape index (κ1) is 14.7. The van der Waals surface area contributed by atoms with Crippen molar-refractivity contribution in [2.24, 2.45) is 0 Å². The highest BCUT2D eigenvalue weighted by molar-refractivity contribution is 9.09. The summed E-state index contributed by atoms with van der Waals surface area (Å²) in [4.78, 5) is 14.9. The Morgan fingerprint density at radius 3 is 3.05 bits per heavy atom. The average Bonchev–Trinajstić information content (AvgIpc) is 3.00. The number of benzene rings is 1. The third kappa shape index (κ3) is 3.03. The van der Waals surface area contributed by atoms with Crippen LogP contribution < -0.4 is 9.47 Å². The monoisotopic (exact) mass is 353 g/mol. The molecule has 2 aliphatic rings. The van der Waals surface area contributed by atoms with Crippen molar-refractivity contribution < 1.29 is 14.3 Å². The predicted octanol–water partition coefficient (Wildman–Crippen LogP) is 3.24. The molecule has 1 amide bonds. The molecule has 4 nitrogen and oxygen atoms in total. The highest BCUT2D eigenvalue weighted by atomic mass is 79.9. The highest BCUT2D eigenvalue weighted by Crippen LogP contribution is 2.35. The van der Waals surface area contributed by atoms with Crippen molar-refractivity contribution in [3.05, 3.63) is 23.8 Å². The fraction of sp³-hybridized carbons (Fsp3) is 0.562. The maximum absolute atomic E-state index is 12.9. The van der Waals surface area contributed by atoms with Gasteiger partial charge in [-0.05, 0) is 37.8 Å². The van der Waals surface area contributed by atoms with E-state index in [4.69, 9.17) is 9.47 Å². The lowest BCUT2D eigenvalue weighted by Crippen LogP contribution is -2.36. The van der Waals surface area contributed by atoms with Crippen LogP contribution >= 0.6 is 15.9 Å². The van der Waals surface area contributed by atoms with Crippen molar-refractivity contribution in [1.29, 1.82) is 0 Å². The van der Waals surface area contributed by atoms with Gasteiger partial charge >= 0.3 is 0 Å². The van der Waals surface area contributed by atoms with E-state index in [9.17, 15) is 4.79 Å². The minimum absolute atomic E-state index is 0.0782. The Morgan fingerprint density at radius 1 is 1.33 bits per heavy atom. The van der Waals surface area contributed by atoms with Gasteiger partial charge in [-0.15, -0.1) is 0 Å². The number of halogens is 1. The number of alkyl halides is 1. The molecule has 1 unspecified atom stereocenters. The number of carbonyl (C=O) groups excluding carboxylic acids is 1. The van der Waals surface area contributed by atoms with Crippen LogP contribution in [0.4, 0.5) is 0 Å². The molecular weight excluding hydrogens is 334 g/mol. The molecule has 1 atom stereocenters. The first-order valence-corrected chi connectivity index (χ1v) is 8.69. The molecule has 0 bridgehead atoms. The molecule has 0 saturated carbocycles. The molecule has 2 aliphatic heterocycles. The molecule has 0 spiro atoms. The summed E-state index contributed by atoms with van der Waals surface area (Å²) in [7, 11) is 0. The van der Waals surface area contributed by atoms with Crippen LogP contribution in [0.2, 0.25) is 0 Å². The van der Waals surface area contributed by atoms with Gasteiger partial charge in [0.05, 0.1) is 5.56 Å². The van der Waals surface area contributed by atoms with Gasteiger partial charge in [0.2, 0.25) is 0 Å². The number of rotatable bonds is 4. The van der Waals surface area contributed by atoms with Crippen molar-refractivity contribution in [2.75, 3.05) is 25.1 Å². The van der Waals surface area contributed by atoms with Gasteiger partial charge in [-0.2, -0.15) is 0 Å². The maximum atomic E-state index is 12.9. The second-order valence-electron chi connectivity index (χ2n) is 5.46. The Kier molecular flexibility index (Phi) is 4.68. The number of fused-ring (bicyclic) bond motifs is 1. The lowest BCUT2D eigenvalue weighted by Gasteiger charge is -2.27. The molecule has 114 valence electrons. The van der Waals surface area contributed by atoms with Crippen LogP contribution in [0.3, 0.4) is 0 Å². The SMILES string of the molecule is O=C(c1cccc2c1OCCO2)N1CCCC1CCCBr. The van der Waals surface area contributed by atoms with E-state index in [1.807, 2.05) is 23.1 Å². The topological polar surface area (TPSA) is 38.8 Å². The smallest absolute Gasteiger partial charge is 0.258 e. The van der Waals surface area contributed by atoms with Crippen molar-refractivity contribution in [1.82, 2.24) is 4.90 Å². The lowest BCUT2D eigenvalue weighted by molar-refractivity contribution is 0.0720. The summed E-state index contributed by atoms with van der Waals surface area (Å²) in [5.41, 5.74) is 0.637. The number of hydrogen-bond donors (Lipinski definition) is 0. The number of nitrogens with zero attached hydrogens (tertiary/aromatic N) is 1. The third-order valence-corrected chi connectivity index (χ3v) is 4.67. The average molecular weight is 354 g/mol. The van der Waals surface area contributed by atoms with E-state index in [1.165, 1.54) is 0 Å². The summed E-state index contributed by atoms with van der Waals surface area (Å²) in [5.74, 6) is 1.37. The molecule has 1 saturated heterocycles. The number of amides is 1. The summed E-state index contributed by atoms with van der Waals surface area (Å²) < 4.78 is 11.2. The highest BCUT2D eigenvalue weighted by Gasteiger charge is 2.31. The van der Waals surface area contributed by atoms with E-state index >= 15 is 0 Å². The minimum atomic E-state index is 0.0782. The summed E-state index contributed by atoms with van der Waals surface area (Å²) in [6.45, 7) is 1.89. The zero-order chi connectivity index (χ0) is 14.7. The van der Waals surface area contributed by atoms with Crippen molar-refractivity contribution >= 4 is 21.8 Å². The quantitative estimate of drug-likeness (QED) is 0.780. The summed E-state index contributed by atoms with van der Waals surface area (Å²) in [5, 5.41) is 0.989. The Bertz CT molecular complexity index is 520. The molecule has 1 aromatic rings. The van der Waals surface area contributed by atoms with E-state index in [0.717, 1.165) is 37.6 Å². The normalized spacial score (nSPS) is 20.6. The molecule has 2 heterocycles. The first-order chi connectivity index (χ1) is 10.3. The fourth-order valence-corrected chi connectivity index (χ4v) is 3.44. The molecule has 21 heavy (non-hydrogen) atoms. The van der Waals surface area contributed by atoms with E-state index in [1.54, 1.807) is 0 Å².